The lowest BCUT2D eigenvalue weighted by molar-refractivity contribution is -0.139. The van der Waals surface area contributed by atoms with Crippen molar-refractivity contribution >= 4 is 5.91 Å². The van der Waals surface area contributed by atoms with Crippen molar-refractivity contribution in [3.05, 3.63) is 0 Å². The summed E-state index contributed by atoms with van der Waals surface area (Å²) in [4.78, 5) is 12.9. The fourth-order valence-electron chi connectivity index (χ4n) is 6.16. The zero-order valence-corrected chi connectivity index (χ0v) is 13.5. The maximum Gasteiger partial charge on any atom is 0.223 e. The topological polar surface area (TPSA) is 41.1 Å². The highest BCUT2D eigenvalue weighted by Crippen LogP contribution is 2.56. The van der Waals surface area contributed by atoms with E-state index < -0.39 is 0 Å². The van der Waals surface area contributed by atoms with E-state index in [4.69, 9.17) is 0 Å². The van der Waals surface area contributed by atoms with Gasteiger partial charge in [-0.2, -0.15) is 0 Å². The van der Waals surface area contributed by atoms with Gasteiger partial charge in [-0.1, -0.05) is 0 Å². The molecule has 0 spiro atoms. The summed E-state index contributed by atoms with van der Waals surface area (Å²) in [5, 5.41) is 7.00. The molecule has 5 fully saturated rings. The van der Waals surface area contributed by atoms with Gasteiger partial charge in [0, 0.05) is 24.0 Å². The largest absolute Gasteiger partial charge is 0.352 e. The number of carbonyl (C=O) groups excluding carboxylic acids is 1. The predicted octanol–water partition coefficient (Wildman–Crippen LogP) is 2.70. The van der Waals surface area contributed by atoms with Gasteiger partial charge in [-0.05, 0) is 82.5 Å². The maximum atomic E-state index is 12.9. The summed E-state index contributed by atoms with van der Waals surface area (Å²) < 4.78 is 0. The highest BCUT2D eigenvalue weighted by Gasteiger charge is 2.51. The standard InChI is InChI=1S/C18H30N2O/c1-10-3-4-16(11(2)19-10)20-18(21)17-14-6-12-5-13(8-14)9-15(17)7-12/h10-17,19H,3-9H2,1-2H3,(H,20,21). The molecule has 3 heteroatoms. The maximum absolute atomic E-state index is 12.9. The average molecular weight is 290 g/mol. The van der Waals surface area contributed by atoms with Crippen molar-refractivity contribution in [2.75, 3.05) is 0 Å². The van der Waals surface area contributed by atoms with Crippen LogP contribution in [0.5, 0.6) is 0 Å². The normalized spacial score (nSPS) is 51.9. The van der Waals surface area contributed by atoms with Gasteiger partial charge in [-0.3, -0.25) is 4.79 Å². The predicted molar refractivity (Wildman–Crippen MR) is 83.8 cm³/mol. The zero-order chi connectivity index (χ0) is 14.6. The second-order valence-electron chi connectivity index (χ2n) is 8.51. The van der Waals surface area contributed by atoms with Crippen molar-refractivity contribution in [3.8, 4) is 0 Å². The average Bonchev–Trinajstić information content (AvgIpc) is 2.40. The Bertz CT molecular complexity index is 393. The van der Waals surface area contributed by atoms with Crippen LogP contribution in [0.15, 0.2) is 0 Å². The minimum atomic E-state index is 0.337. The summed E-state index contributed by atoms with van der Waals surface area (Å²) in [5.41, 5.74) is 0. The monoisotopic (exact) mass is 290 g/mol. The molecule has 4 saturated carbocycles. The molecule has 1 heterocycles. The van der Waals surface area contributed by atoms with Crippen LogP contribution in [0.4, 0.5) is 0 Å². The van der Waals surface area contributed by atoms with Crippen LogP contribution in [-0.4, -0.2) is 24.0 Å². The van der Waals surface area contributed by atoms with Crippen molar-refractivity contribution in [1.82, 2.24) is 10.6 Å². The first-order valence-electron chi connectivity index (χ1n) is 9.16. The molecular weight excluding hydrogens is 260 g/mol. The van der Waals surface area contributed by atoms with Crippen molar-refractivity contribution in [2.24, 2.45) is 29.6 Å². The molecule has 3 atom stereocenters. The van der Waals surface area contributed by atoms with Gasteiger partial charge >= 0.3 is 0 Å². The van der Waals surface area contributed by atoms with Gasteiger partial charge in [-0.25, -0.2) is 0 Å². The fraction of sp³-hybridized carbons (Fsp3) is 0.944. The van der Waals surface area contributed by atoms with Crippen molar-refractivity contribution in [3.63, 3.8) is 0 Å². The Labute approximate surface area is 128 Å². The first-order chi connectivity index (χ1) is 10.1. The summed E-state index contributed by atoms with van der Waals surface area (Å²) in [6, 6.07) is 1.34. The molecule has 0 aromatic carbocycles. The van der Waals surface area contributed by atoms with E-state index in [2.05, 4.69) is 24.5 Å². The summed E-state index contributed by atoms with van der Waals surface area (Å²) in [5.74, 6) is 4.03. The van der Waals surface area contributed by atoms with Crippen LogP contribution >= 0.6 is 0 Å². The minimum absolute atomic E-state index is 0.337. The Hall–Kier alpha value is -0.570. The Morgan fingerprint density at radius 3 is 2.14 bits per heavy atom. The summed E-state index contributed by atoms with van der Waals surface area (Å²) in [6.07, 6.45) is 9.11. The molecule has 1 aliphatic heterocycles. The summed E-state index contributed by atoms with van der Waals surface area (Å²) in [7, 11) is 0. The fourth-order valence-corrected chi connectivity index (χ4v) is 6.16. The van der Waals surface area contributed by atoms with E-state index in [0.29, 0.717) is 41.8 Å². The van der Waals surface area contributed by atoms with Crippen LogP contribution < -0.4 is 10.6 Å². The SMILES string of the molecule is CC1CCC(NC(=O)C2C3CC4CC(C3)CC2C4)C(C)N1. The van der Waals surface area contributed by atoms with Crippen LogP contribution in [0.3, 0.4) is 0 Å². The van der Waals surface area contributed by atoms with Gasteiger partial charge in [0.15, 0.2) is 0 Å². The number of rotatable bonds is 2. The third-order valence-electron chi connectivity index (χ3n) is 6.92. The lowest BCUT2D eigenvalue weighted by Gasteiger charge is -2.54. The van der Waals surface area contributed by atoms with E-state index in [9.17, 15) is 4.79 Å². The number of nitrogens with one attached hydrogen (secondary N) is 2. The Morgan fingerprint density at radius 2 is 1.57 bits per heavy atom. The van der Waals surface area contributed by atoms with Crippen molar-refractivity contribution in [2.45, 2.75) is 76.9 Å². The molecule has 118 valence electrons. The van der Waals surface area contributed by atoms with E-state index in [0.717, 1.165) is 18.3 Å². The van der Waals surface area contributed by atoms with E-state index in [-0.39, 0.29) is 0 Å². The second kappa shape index (κ2) is 5.26. The number of hydrogen-bond acceptors (Lipinski definition) is 2. The number of piperidine rings is 1. The summed E-state index contributed by atoms with van der Waals surface area (Å²) >= 11 is 0. The Balaban J connectivity index is 1.41. The highest BCUT2D eigenvalue weighted by atomic mass is 16.2. The van der Waals surface area contributed by atoms with Gasteiger partial charge in [0.2, 0.25) is 5.91 Å². The van der Waals surface area contributed by atoms with E-state index >= 15 is 0 Å². The molecule has 0 radical (unpaired) electrons. The van der Waals surface area contributed by atoms with Crippen LogP contribution in [0.1, 0.15) is 58.8 Å². The molecule has 3 nitrogen and oxygen atoms in total. The molecule has 4 bridgehead atoms. The lowest BCUT2D eigenvalue weighted by Crippen LogP contribution is -2.58. The Kier molecular flexibility index (Phi) is 3.52. The molecular formula is C18H30N2O. The number of hydrogen-bond donors (Lipinski definition) is 2. The lowest BCUT2D eigenvalue weighted by atomic mass is 9.51. The molecule has 21 heavy (non-hydrogen) atoms. The van der Waals surface area contributed by atoms with Crippen molar-refractivity contribution < 1.29 is 4.79 Å². The molecule has 0 aromatic rings. The van der Waals surface area contributed by atoms with Gasteiger partial charge in [-0.15, -0.1) is 0 Å². The molecule has 1 amide bonds. The van der Waals surface area contributed by atoms with Crippen LogP contribution in [-0.2, 0) is 4.79 Å². The summed E-state index contributed by atoms with van der Waals surface area (Å²) in [6.45, 7) is 4.46. The molecule has 3 unspecified atom stereocenters. The van der Waals surface area contributed by atoms with E-state index in [1.165, 1.54) is 38.5 Å². The highest BCUT2D eigenvalue weighted by molar-refractivity contribution is 5.80. The molecule has 5 rings (SSSR count). The molecule has 4 aliphatic carbocycles. The van der Waals surface area contributed by atoms with E-state index in [1.807, 2.05) is 0 Å². The van der Waals surface area contributed by atoms with Gasteiger partial charge < -0.3 is 10.6 Å². The van der Waals surface area contributed by atoms with Crippen LogP contribution in [0.25, 0.3) is 0 Å². The Morgan fingerprint density at radius 1 is 0.952 bits per heavy atom. The molecule has 5 aliphatic rings. The number of amides is 1. The van der Waals surface area contributed by atoms with E-state index in [1.54, 1.807) is 0 Å². The quantitative estimate of drug-likeness (QED) is 0.821. The first kappa shape index (κ1) is 14.0. The van der Waals surface area contributed by atoms with Gasteiger partial charge in [0.05, 0.1) is 0 Å². The molecule has 1 saturated heterocycles. The molecule has 2 N–H and O–H groups in total. The van der Waals surface area contributed by atoms with Crippen LogP contribution in [0.2, 0.25) is 0 Å². The number of carbonyl (C=O) groups is 1. The smallest absolute Gasteiger partial charge is 0.223 e. The van der Waals surface area contributed by atoms with Crippen LogP contribution in [0, 0.1) is 29.6 Å². The first-order valence-corrected chi connectivity index (χ1v) is 9.16. The molecule has 0 aromatic heterocycles. The van der Waals surface area contributed by atoms with Crippen molar-refractivity contribution in [1.29, 1.82) is 0 Å². The van der Waals surface area contributed by atoms with Gasteiger partial charge in [0.1, 0.15) is 0 Å². The third kappa shape index (κ3) is 2.52. The van der Waals surface area contributed by atoms with Gasteiger partial charge in [0.25, 0.3) is 0 Å². The second-order valence-corrected chi connectivity index (χ2v) is 8.51. The minimum Gasteiger partial charge on any atom is -0.352 e. The zero-order valence-electron chi connectivity index (χ0n) is 13.5. The third-order valence-corrected chi connectivity index (χ3v) is 6.92.